The van der Waals surface area contributed by atoms with E-state index in [4.69, 9.17) is 11.6 Å². The van der Waals surface area contributed by atoms with Crippen molar-refractivity contribution < 1.29 is 9.59 Å². The van der Waals surface area contributed by atoms with Crippen LogP contribution in [0.4, 0.5) is 5.69 Å². The van der Waals surface area contributed by atoms with Gasteiger partial charge in [-0.25, -0.2) is 0 Å². The topological polar surface area (TPSA) is 70.2 Å². The smallest absolute Gasteiger partial charge is 0.253 e. The van der Waals surface area contributed by atoms with Gasteiger partial charge >= 0.3 is 0 Å². The summed E-state index contributed by atoms with van der Waals surface area (Å²) in [5.41, 5.74) is 0.917. The fourth-order valence-corrected chi connectivity index (χ4v) is 2.93. The van der Waals surface area contributed by atoms with Crippen LogP contribution in [0, 0.1) is 5.92 Å². The number of amides is 2. The summed E-state index contributed by atoms with van der Waals surface area (Å²) >= 11 is 6.03. The van der Waals surface area contributed by atoms with E-state index >= 15 is 0 Å². The Labute approximate surface area is 142 Å². The van der Waals surface area contributed by atoms with E-state index in [0.717, 1.165) is 25.8 Å². The maximum absolute atomic E-state index is 12.5. The molecule has 5 nitrogen and oxygen atoms in total. The first-order chi connectivity index (χ1) is 11.0. The number of nitrogens with one attached hydrogen (secondary N) is 3. The van der Waals surface area contributed by atoms with Crippen molar-refractivity contribution in [1.82, 2.24) is 10.6 Å². The molecule has 0 aromatic heterocycles. The molecule has 0 bridgehead atoms. The molecule has 0 unspecified atom stereocenters. The van der Waals surface area contributed by atoms with E-state index in [1.54, 1.807) is 18.2 Å². The second-order valence-electron chi connectivity index (χ2n) is 6.01. The van der Waals surface area contributed by atoms with Crippen LogP contribution in [-0.4, -0.2) is 30.9 Å². The van der Waals surface area contributed by atoms with E-state index in [0.29, 0.717) is 28.9 Å². The van der Waals surface area contributed by atoms with Gasteiger partial charge in [0.15, 0.2) is 0 Å². The molecule has 1 aliphatic rings. The van der Waals surface area contributed by atoms with Gasteiger partial charge in [0.05, 0.1) is 11.3 Å². The van der Waals surface area contributed by atoms with Crippen molar-refractivity contribution in [2.45, 2.75) is 39.2 Å². The second-order valence-corrected chi connectivity index (χ2v) is 6.45. The molecule has 6 heteroatoms. The second kappa shape index (κ2) is 8.31. The van der Waals surface area contributed by atoms with Crippen molar-refractivity contribution >= 4 is 29.1 Å². The number of piperidine rings is 1. The van der Waals surface area contributed by atoms with E-state index in [1.807, 2.05) is 6.92 Å². The SMILES string of the molecule is CCCNC(=O)c1ccc(Cl)cc1NC(=O)[C@H]1CCN[C@@H](C)C1. The molecular weight excluding hydrogens is 314 g/mol. The Kier molecular flexibility index (Phi) is 6.42. The van der Waals surface area contributed by atoms with Gasteiger partial charge in [-0.15, -0.1) is 0 Å². The maximum atomic E-state index is 12.5. The number of hydrogen-bond acceptors (Lipinski definition) is 3. The molecule has 0 spiro atoms. The number of rotatable bonds is 5. The summed E-state index contributed by atoms with van der Waals surface area (Å²) in [7, 11) is 0. The summed E-state index contributed by atoms with van der Waals surface area (Å²) in [4.78, 5) is 24.7. The van der Waals surface area contributed by atoms with Crippen molar-refractivity contribution in [2.75, 3.05) is 18.4 Å². The number of hydrogen-bond donors (Lipinski definition) is 3. The Hall–Kier alpha value is -1.59. The molecule has 0 radical (unpaired) electrons. The lowest BCUT2D eigenvalue weighted by Crippen LogP contribution is -2.40. The molecular formula is C17H24ClN3O2. The lowest BCUT2D eigenvalue weighted by atomic mass is 9.92. The average Bonchev–Trinajstić information content (AvgIpc) is 2.52. The highest BCUT2D eigenvalue weighted by Gasteiger charge is 2.25. The molecule has 0 aliphatic carbocycles. The first kappa shape index (κ1) is 17.8. The average molecular weight is 338 g/mol. The van der Waals surface area contributed by atoms with Crippen LogP contribution in [0.15, 0.2) is 18.2 Å². The summed E-state index contributed by atoms with van der Waals surface area (Å²) in [6.07, 6.45) is 2.45. The largest absolute Gasteiger partial charge is 0.352 e. The predicted molar refractivity (Wildman–Crippen MR) is 92.9 cm³/mol. The molecule has 1 saturated heterocycles. The number of anilines is 1. The Bertz CT molecular complexity index is 577. The zero-order valence-corrected chi connectivity index (χ0v) is 14.4. The Morgan fingerprint density at radius 1 is 1.39 bits per heavy atom. The summed E-state index contributed by atoms with van der Waals surface area (Å²) < 4.78 is 0. The number of halogens is 1. The van der Waals surface area contributed by atoms with Gasteiger partial charge in [-0.3, -0.25) is 9.59 Å². The van der Waals surface area contributed by atoms with Crippen LogP contribution >= 0.6 is 11.6 Å². The standard InChI is InChI=1S/C17H24ClN3O2/c1-3-7-20-17(23)14-5-4-13(18)10-15(14)21-16(22)12-6-8-19-11(2)9-12/h4-5,10-12,19H,3,6-9H2,1-2H3,(H,20,23)(H,21,22)/t11-,12-/m0/s1. The first-order valence-corrected chi connectivity index (χ1v) is 8.51. The van der Waals surface area contributed by atoms with Crippen LogP contribution in [0.2, 0.25) is 5.02 Å². The quantitative estimate of drug-likeness (QED) is 0.773. The van der Waals surface area contributed by atoms with Gasteiger partial charge in [0.25, 0.3) is 5.91 Å². The minimum atomic E-state index is -0.197. The Morgan fingerprint density at radius 2 is 2.17 bits per heavy atom. The van der Waals surface area contributed by atoms with Crippen molar-refractivity contribution in [3.8, 4) is 0 Å². The summed E-state index contributed by atoms with van der Waals surface area (Å²) in [5, 5.41) is 9.53. The maximum Gasteiger partial charge on any atom is 0.253 e. The predicted octanol–water partition coefficient (Wildman–Crippen LogP) is 2.81. The molecule has 126 valence electrons. The van der Waals surface area contributed by atoms with Gasteiger partial charge in [0.2, 0.25) is 5.91 Å². The molecule has 1 aliphatic heterocycles. The van der Waals surface area contributed by atoms with Crippen LogP contribution in [-0.2, 0) is 4.79 Å². The minimum Gasteiger partial charge on any atom is -0.352 e. The van der Waals surface area contributed by atoms with Crippen LogP contribution in [0.1, 0.15) is 43.5 Å². The molecule has 1 fully saturated rings. The third-order valence-electron chi connectivity index (χ3n) is 4.01. The monoisotopic (exact) mass is 337 g/mol. The van der Waals surface area contributed by atoms with E-state index in [9.17, 15) is 9.59 Å². The lowest BCUT2D eigenvalue weighted by Gasteiger charge is -2.27. The fraction of sp³-hybridized carbons (Fsp3) is 0.529. The zero-order valence-electron chi connectivity index (χ0n) is 13.6. The van der Waals surface area contributed by atoms with Gasteiger partial charge in [0.1, 0.15) is 0 Å². The van der Waals surface area contributed by atoms with Gasteiger partial charge in [0, 0.05) is 23.5 Å². The third kappa shape index (κ3) is 4.94. The van der Waals surface area contributed by atoms with Crippen LogP contribution in [0.5, 0.6) is 0 Å². The molecule has 1 aromatic carbocycles. The number of benzene rings is 1. The minimum absolute atomic E-state index is 0.0446. The fourth-order valence-electron chi connectivity index (χ4n) is 2.76. The first-order valence-electron chi connectivity index (χ1n) is 8.13. The van der Waals surface area contributed by atoms with E-state index < -0.39 is 0 Å². The molecule has 1 aromatic rings. The summed E-state index contributed by atoms with van der Waals surface area (Å²) in [6.45, 7) is 5.49. The summed E-state index contributed by atoms with van der Waals surface area (Å²) in [6, 6.07) is 5.26. The van der Waals surface area contributed by atoms with Crippen molar-refractivity contribution in [1.29, 1.82) is 0 Å². The van der Waals surface area contributed by atoms with Crippen LogP contribution in [0.25, 0.3) is 0 Å². The Balaban J connectivity index is 2.12. The highest BCUT2D eigenvalue weighted by Crippen LogP contribution is 2.24. The highest BCUT2D eigenvalue weighted by molar-refractivity contribution is 6.31. The number of carbonyl (C=O) groups excluding carboxylic acids is 2. The summed E-state index contributed by atoms with van der Waals surface area (Å²) in [5.74, 6) is -0.292. The molecule has 2 rings (SSSR count). The van der Waals surface area contributed by atoms with Crippen LogP contribution in [0.3, 0.4) is 0 Å². The molecule has 3 N–H and O–H groups in total. The van der Waals surface area contributed by atoms with Gasteiger partial charge in [-0.1, -0.05) is 18.5 Å². The zero-order chi connectivity index (χ0) is 16.8. The van der Waals surface area contributed by atoms with Gasteiger partial charge < -0.3 is 16.0 Å². The number of carbonyl (C=O) groups is 2. The van der Waals surface area contributed by atoms with Crippen molar-refractivity contribution in [3.63, 3.8) is 0 Å². The highest BCUT2D eigenvalue weighted by atomic mass is 35.5. The molecule has 23 heavy (non-hydrogen) atoms. The molecule has 2 amide bonds. The molecule has 2 atom stereocenters. The van der Waals surface area contributed by atoms with Gasteiger partial charge in [-0.2, -0.15) is 0 Å². The van der Waals surface area contributed by atoms with E-state index in [2.05, 4.69) is 22.9 Å². The molecule has 0 saturated carbocycles. The Morgan fingerprint density at radius 3 is 2.87 bits per heavy atom. The van der Waals surface area contributed by atoms with E-state index in [-0.39, 0.29) is 17.7 Å². The van der Waals surface area contributed by atoms with Crippen LogP contribution < -0.4 is 16.0 Å². The van der Waals surface area contributed by atoms with E-state index in [1.165, 1.54) is 0 Å². The lowest BCUT2D eigenvalue weighted by molar-refractivity contribution is -0.120. The van der Waals surface area contributed by atoms with Crippen molar-refractivity contribution in [2.24, 2.45) is 5.92 Å². The normalized spacial score (nSPS) is 20.8. The van der Waals surface area contributed by atoms with Gasteiger partial charge in [-0.05, 0) is 50.9 Å². The molecule has 1 heterocycles. The van der Waals surface area contributed by atoms with Crippen molar-refractivity contribution in [3.05, 3.63) is 28.8 Å². The third-order valence-corrected chi connectivity index (χ3v) is 4.25.